The molecule has 0 radical (unpaired) electrons. The zero-order chi connectivity index (χ0) is 31.4. The van der Waals surface area contributed by atoms with Gasteiger partial charge >= 0.3 is 0 Å². The van der Waals surface area contributed by atoms with Gasteiger partial charge in [0.25, 0.3) is 5.91 Å². The van der Waals surface area contributed by atoms with Crippen LogP contribution >= 0.6 is 0 Å². The standard InChI is InChI=1S/C34H43N3O6Si/c1-5-15-36-28-14-13-25(35-16-9-8-12-30(35)39)18-27(28)34(33(36)41)22(2)32(44(3,4)42)29(43-34)19-31(40)37-20-24-11-7-6-10-23(24)17-26(37)21-38/h5-7,10-11,13-14,18,22,26,29,32,38,42H,1,8-9,12,15-17,19-21H2,2-4H3/t22-,26-,29+,32-,34+/m0/s1. The van der Waals surface area contributed by atoms with Gasteiger partial charge in [-0.15, -0.1) is 6.58 Å². The van der Waals surface area contributed by atoms with Crippen LogP contribution in [-0.2, 0) is 37.7 Å². The van der Waals surface area contributed by atoms with E-state index in [9.17, 15) is 24.3 Å². The molecule has 5 atom stereocenters. The molecule has 0 saturated carbocycles. The summed E-state index contributed by atoms with van der Waals surface area (Å²) in [4.78, 5) is 58.2. The summed E-state index contributed by atoms with van der Waals surface area (Å²) in [5.41, 5.74) is 2.44. The zero-order valence-electron chi connectivity index (χ0n) is 25.9. The first kappa shape index (κ1) is 30.7. The quantitative estimate of drug-likeness (QED) is 0.361. The first-order valence-corrected chi connectivity index (χ1v) is 18.8. The lowest BCUT2D eigenvalue weighted by atomic mass is 9.82. The molecule has 2 saturated heterocycles. The number of carbonyl (C=O) groups is 3. The molecular weight excluding hydrogens is 574 g/mol. The summed E-state index contributed by atoms with van der Waals surface area (Å²) in [6.45, 7) is 10.6. The van der Waals surface area contributed by atoms with Crippen LogP contribution in [-0.4, -0.2) is 72.7 Å². The second-order valence-corrected chi connectivity index (χ2v) is 17.3. The van der Waals surface area contributed by atoms with E-state index >= 15 is 0 Å². The summed E-state index contributed by atoms with van der Waals surface area (Å²) in [6, 6.07) is 13.3. The first-order chi connectivity index (χ1) is 21.0. The molecule has 2 aromatic carbocycles. The predicted octanol–water partition coefficient (Wildman–Crippen LogP) is 3.87. The van der Waals surface area contributed by atoms with Gasteiger partial charge in [0.1, 0.15) is 0 Å². The molecule has 4 aliphatic heterocycles. The van der Waals surface area contributed by atoms with Gasteiger partial charge in [-0.05, 0) is 61.7 Å². The van der Waals surface area contributed by atoms with Crippen molar-refractivity contribution in [1.82, 2.24) is 4.90 Å². The number of nitrogens with zero attached hydrogens (tertiary/aromatic N) is 3. The molecule has 0 unspecified atom stereocenters. The van der Waals surface area contributed by atoms with Gasteiger partial charge in [0, 0.05) is 48.8 Å². The average Bonchev–Trinajstić information content (AvgIpc) is 3.42. The number of carbonyl (C=O) groups excluding carboxylic acids is 3. The maximum atomic E-state index is 14.5. The Labute approximate surface area is 260 Å². The molecule has 6 rings (SSSR count). The van der Waals surface area contributed by atoms with E-state index in [-0.39, 0.29) is 43.3 Å². The monoisotopic (exact) mass is 617 g/mol. The van der Waals surface area contributed by atoms with Crippen LogP contribution in [0.5, 0.6) is 0 Å². The number of fused-ring (bicyclic) bond motifs is 3. The number of rotatable bonds is 7. The van der Waals surface area contributed by atoms with Crippen LogP contribution in [0.1, 0.15) is 49.3 Å². The number of benzene rings is 2. The highest BCUT2D eigenvalue weighted by Gasteiger charge is 2.66. The SMILES string of the molecule is C=CCN1C(=O)[C@]2(O[C@H](CC(=O)N3Cc4ccccc4C[C@H]3CO)[C@@H]([Si](C)(C)O)[C@@H]2C)c2cc(N3CCCCC3=O)ccc21. The molecule has 2 aromatic rings. The van der Waals surface area contributed by atoms with Crippen LogP contribution in [0.4, 0.5) is 11.4 Å². The van der Waals surface area contributed by atoms with Crippen molar-refractivity contribution in [3.05, 3.63) is 71.8 Å². The Kier molecular flexibility index (Phi) is 8.07. The highest BCUT2D eigenvalue weighted by Crippen LogP contribution is 2.60. The fourth-order valence-electron chi connectivity index (χ4n) is 8.15. The van der Waals surface area contributed by atoms with E-state index in [0.717, 1.165) is 29.7 Å². The van der Waals surface area contributed by atoms with E-state index in [1.165, 1.54) is 0 Å². The summed E-state index contributed by atoms with van der Waals surface area (Å²) in [5.74, 6) is -0.779. The summed E-state index contributed by atoms with van der Waals surface area (Å²) in [6.07, 6.45) is 3.78. The molecule has 2 fully saturated rings. The van der Waals surface area contributed by atoms with E-state index in [1.807, 2.05) is 62.5 Å². The normalized spacial score (nSPS) is 28.4. The van der Waals surface area contributed by atoms with E-state index in [4.69, 9.17) is 4.74 Å². The van der Waals surface area contributed by atoms with Crippen LogP contribution in [0.2, 0.25) is 18.6 Å². The van der Waals surface area contributed by atoms with Gasteiger partial charge in [-0.1, -0.05) is 37.3 Å². The first-order valence-electron chi connectivity index (χ1n) is 15.8. The molecule has 0 aromatic heterocycles. The Bertz CT molecular complexity index is 1490. The van der Waals surface area contributed by atoms with Crippen LogP contribution in [0.3, 0.4) is 0 Å². The van der Waals surface area contributed by atoms with Crippen LogP contribution < -0.4 is 9.80 Å². The Balaban J connectivity index is 1.38. The average molecular weight is 618 g/mol. The Morgan fingerprint density at radius 3 is 2.59 bits per heavy atom. The number of piperidine rings is 1. The molecule has 4 aliphatic rings. The minimum absolute atomic E-state index is 0.0131. The van der Waals surface area contributed by atoms with E-state index in [1.54, 1.807) is 20.8 Å². The number of hydrogen-bond acceptors (Lipinski definition) is 6. The lowest BCUT2D eigenvalue weighted by Gasteiger charge is -2.37. The third-order valence-corrected chi connectivity index (χ3v) is 12.7. The molecule has 3 amide bonds. The number of amides is 3. The molecule has 0 aliphatic carbocycles. The van der Waals surface area contributed by atoms with Crippen LogP contribution in [0.25, 0.3) is 0 Å². The van der Waals surface area contributed by atoms with Crippen molar-refractivity contribution in [3.8, 4) is 0 Å². The molecule has 4 heterocycles. The lowest BCUT2D eigenvalue weighted by molar-refractivity contribution is -0.150. The van der Waals surface area contributed by atoms with Gasteiger partial charge in [-0.3, -0.25) is 14.4 Å². The predicted molar refractivity (Wildman–Crippen MR) is 171 cm³/mol. The highest BCUT2D eigenvalue weighted by atomic mass is 28.4. The van der Waals surface area contributed by atoms with Gasteiger partial charge in [0.2, 0.25) is 11.8 Å². The van der Waals surface area contributed by atoms with Crippen molar-refractivity contribution in [2.75, 3.05) is 29.5 Å². The third-order valence-electron chi connectivity index (χ3n) is 10.2. The van der Waals surface area contributed by atoms with E-state index in [0.29, 0.717) is 37.2 Å². The number of hydrogen-bond donors (Lipinski definition) is 2. The van der Waals surface area contributed by atoms with Crippen LogP contribution in [0, 0.1) is 5.92 Å². The number of anilines is 2. The highest BCUT2D eigenvalue weighted by molar-refractivity contribution is 6.71. The molecule has 9 nitrogen and oxygen atoms in total. The van der Waals surface area contributed by atoms with Gasteiger partial charge < -0.3 is 29.3 Å². The summed E-state index contributed by atoms with van der Waals surface area (Å²) >= 11 is 0. The van der Waals surface area contributed by atoms with Gasteiger partial charge in [0.15, 0.2) is 13.9 Å². The maximum absolute atomic E-state index is 14.5. The molecule has 44 heavy (non-hydrogen) atoms. The van der Waals surface area contributed by atoms with Crippen molar-refractivity contribution in [1.29, 1.82) is 0 Å². The van der Waals surface area contributed by atoms with Crippen molar-refractivity contribution >= 4 is 37.4 Å². The second-order valence-electron chi connectivity index (χ2n) is 13.3. The summed E-state index contributed by atoms with van der Waals surface area (Å²) < 4.78 is 6.88. The fourth-order valence-corrected chi connectivity index (χ4v) is 10.7. The Morgan fingerprint density at radius 2 is 1.91 bits per heavy atom. The largest absolute Gasteiger partial charge is 0.432 e. The van der Waals surface area contributed by atoms with E-state index in [2.05, 4.69) is 6.58 Å². The summed E-state index contributed by atoms with van der Waals surface area (Å²) in [7, 11) is -2.99. The maximum Gasteiger partial charge on any atom is 0.264 e. The topological polar surface area (TPSA) is 111 Å². The fraction of sp³-hybridized carbons (Fsp3) is 0.500. The van der Waals surface area contributed by atoms with E-state index < -0.39 is 31.5 Å². The smallest absolute Gasteiger partial charge is 0.264 e. The molecule has 10 heteroatoms. The second kappa shape index (κ2) is 11.6. The number of aliphatic hydroxyl groups excluding tert-OH is 1. The number of aliphatic hydroxyl groups is 1. The van der Waals surface area contributed by atoms with Crippen molar-refractivity contribution in [2.24, 2.45) is 5.92 Å². The van der Waals surface area contributed by atoms with Gasteiger partial charge in [0.05, 0.1) is 30.9 Å². The summed E-state index contributed by atoms with van der Waals surface area (Å²) in [5, 5.41) is 10.2. The molecule has 0 bridgehead atoms. The van der Waals surface area contributed by atoms with Gasteiger partial charge in [-0.2, -0.15) is 0 Å². The van der Waals surface area contributed by atoms with Crippen molar-refractivity contribution < 1.29 is 29.0 Å². The molecule has 2 N–H and O–H groups in total. The van der Waals surface area contributed by atoms with Crippen LogP contribution in [0.15, 0.2) is 55.1 Å². The Morgan fingerprint density at radius 1 is 1.16 bits per heavy atom. The van der Waals surface area contributed by atoms with Crippen molar-refractivity contribution in [2.45, 2.75) is 82.0 Å². The number of ether oxygens (including phenoxy) is 1. The lowest BCUT2D eigenvalue weighted by Crippen LogP contribution is -2.48. The van der Waals surface area contributed by atoms with Gasteiger partial charge in [-0.25, -0.2) is 0 Å². The molecular formula is C34H43N3O6Si. The van der Waals surface area contributed by atoms with Crippen molar-refractivity contribution in [3.63, 3.8) is 0 Å². The third kappa shape index (κ3) is 4.92. The molecule has 234 valence electrons. The zero-order valence-corrected chi connectivity index (χ0v) is 26.9. The Hall–Kier alpha value is -3.31. The minimum atomic E-state index is -2.99. The molecule has 1 spiro atoms. The minimum Gasteiger partial charge on any atom is -0.432 e.